The molecule has 3 heterocycles. The van der Waals surface area contributed by atoms with Crippen LogP contribution in [0.4, 0.5) is 11.4 Å². The molecule has 1 amide bonds. The van der Waals surface area contributed by atoms with Crippen molar-refractivity contribution in [1.29, 1.82) is 0 Å². The predicted molar refractivity (Wildman–Crippen MR) is 175 cm³/mol. The summed E-state index contributed by atoms with van der Waals surface area (Å²) >= 11 is 6.59. The number of aromatic carboxylic acids is 1. The number of rotatable bonds is 9. The van der Waals surface area contributed by atoms with Gasteiger partial charge in [-0.05, 0) is 85.7 Å². The molecule has 10 heteroatoms. The van der Waals surface area contributed by atoms with Gasteiger partial charge in [0.1, 0.15) is 5.82 Å². The zero-order valence-electron chi connectivity index (χ0n) is 25.7. The molecule has 0 radical (unpaired) electrons. The fraction of sp³-hybridized carbons (Fsp3) is 0.400. The summed E-state index contributed by atoms with van der Waals surface area (Å²) < 4.78 is 7.83. The van der Waals surface area contributed by atoms with Gasteiger partial charge in [0.05, 0.1) is 46.5 Å². The van der Waals surface area contributed by atoms with E-state index in [1.165, 1.54) is 0 Å². The lowest BCUT2D eigenvalue weighted by Crippen LogP contribution is -2.48. The van der Waals surface area contributed by atoms with Crippen molar-refractivity contribution in [3.05, 3.63) is 87.7 Å². The monoisotopic (exact) mass is 627 g/mol. The number of anilines is 2. The number of carbonyl (C=O) groups excluding carboxylic acids is 1. The highest BCUT2D eigenvalue weighted by Crippen LogP contribution is 2.43. The number of fused-ring (bicyclic) bond motifs is 1. The Morgan fingerprint density at radius 2 is 1.80 bits per heavy atom. The number of amides is 1. The maximum atomic E-state index is 14.0. The number of piperazine rings is 1. The van der Waals surface area contributed by atoms with Crippen LogP contribution < -0.4 is 4.90 Å². The van der Waals surface area contributed by atoms with Gasteiger partial charge in [0.15, 0.2) is 0 Å². The molecule has 3 fully saturated rings. The van der Waals surface area contributed by atoms with Crippen LogP contribution in [-0.2, 0) is 17.8 Å². The number of hydrogen-bond donors (Lipinski definition) is 1. The Bertz CT molecular complexity index is 1770. The van der Waals surface area contributed by atoms with Crippen LogP contribution in [0.1, 0.15) is 62.8 Å². The number of aromatic nitrogens is 2. The standard InChI is InChI=1S/C35H38ClN5O4/c1-22-3-10-31(29(36)17-22)38(2)25-7-8-27(23-4-5-23)28(19-25)34(42)40-14-12-39(13-15-40)21-33-37-30-9-6-24(35(43)44)18-32(30)41(33)20-26-11-16-45-26/h3,6-10,17-19,23,26H,4-5,11-16,20-21H2,1-2H3,(H,43,44)/t26-/m0/s1. The first kappa shape index (κ1) is 29.8. The Balaban J connectivity index is 1.08. The summed E-state index contributed by atoms with van der Waals surface area (Å²) in [5.41, 5.74) is 6.73. The van der Waals surface area contributed by atoms with E-state index in [9.17, 15) is 14.7 Å². The van der Waals surface area contributed by atoms with Gasteiger partial charge in [0, 0.05) is 51.1 Å². The summed E-state index contributed by atoms with van der Waals surface area (Å²) in [5.74, 6) is 0.469. The number of imidazole rings is 1. The van der Waals surface area contributed by atoms with Crippen LogP contribution in [-0.4, -0.2) is 82.3 Å². The lowest BCUT2D eigenvalue weighted by Gasteiger charge is -2.35. The van der Waals surface area contributed by atoms with E-state index in [0.717, 1.165) is 83.9 Å². The fourth-order valence-corrected chi connectivity index (χ4v) is 6.81. The molecule has 1 N–H and O–H groups in total. The van der Waals surface area contributed by atoms with Crippen LogP contribution in [0.25, 0.3) is 11.0 Å². The Labute approximate surface area is 268 Å². The first-order valence-electron chi connectivity index (χ1n) is 15.7. The number of hydrogen-bond acceptors (Lipinski definition) is 6. The summed E-state index contributed by atoms with van der Waals surface area (Å²) in [5, 5.41) is 10.2. The third kappa shape index (κ3) is 6.04. The van der Waals surface area contributed by atoms with Crippen LogP contribution in [0, 0.1) is 6.92 Å². The smallest absolute Gasteiger partial charge is 0.335 e. The van der Waals surface area contributed by atoms with Crippen molar-refractivity contribution in [3.8, 4) is 0 Å². The van der Waals surface area contributed by atoms with Gasteiger partial charge in [0.2, 0.25) is 0 Å². The third-order valence-electron chi connectivity index (χ3n) is 9.41. The highest BCUT2D eigenvalue weighted by Gasteiger charge is 2.32. The van der Waals surface area contributed by atoms with E-state index in [1.54, 1.807) is 18.2 Å². The number of benzene rings is 3. The summed E-state index contributed by atoms with van der Waals surface area (Å²) in [7, 11) is 1.99. The Hall–Kier alpha value is -3.92. The Morgan fingerprint density at radius 1 is 1.02 bits per heavy atom. The second kappa shape index (κ2) is 12.1. The highest BCUT2D eigenvalue weighted by molar-refractivity contribution is 6.33. The van der Waals surface area contributed by atoms with Crippen molar-refractivity contribution in [2.75, 3.05) is 44.7 Å². The molecule has 0 spiro atoms. The van der Waals surface area contributed by atoms with E-state index >= 15 is 0 Å². The molecule has 2 saturated heterocycles. The second-order valence-corrected chi connectivity index (χ2v) is 13.0. The summed E-state index contributed by atoms with van der Waals surface area (Å²) in [6.45, 7) is 6.76. The van der Waals surface area contributed by atoms with Crippen LogP contribution in [0.5, 0.6) is 0 Å². The molecule has 0 bridgehead atoms. The van der Waals surface area contributed by atoms with Crippen LogP contribution in [0.2, 0.25) is 5.02 Å². The number of carboxylic acid groups (broad SMARTS) is 1. The second-order valence-electron chi connectivity index (χ2n) is 12.6. The highest BCUT2D eigenvalue weighted by atomic mass is 35.5. The number of aryl methyl sites for hydroxylation is 1. The van der Waals surface area contributed by atoms with Crippen LogP contribution in [0.3, 0.4) is 0 Å². The van der Waals surface area contributed by atoms with Crippen molar-refractivity contribution in [2.24, 2.45) is 0 Å². The molecule has 1 saturated carbocycles. The molecule has 0 unspecified atom stereocenters. The van der Waals surface area contributed by atoms with E-state index < -0.39 is 5.97 Å². The summed E-state index contributed by atoms with van der Waals surface area (Å²) in [6.07, 6.45) is 3.33. The molecule has 9 nitrogen and oxygen atoms in total. The van der Waals surface area contributed by atoms with E-state index in [4.69, 9.17) is 21.3 Å². The molecular formula is C35H38ClN5O4. The number of ether oxygens (including phenoxy) is 1. The zero-order chi connectivity index (χ0) is 31.2. The maximum Gasteiger partial charge on any atom is 0.335 e. The average Bonchev–Trinajstić information content (AvgIpc) is 3.80. The SMILES string of the molecule is Cc1ccc(N(C)c2ccc(C3CC3)c(C(=O)N3CCN(Cc4nc5ccc(C(=O)O)cc5n4C[C@@H]4CCO4)CC3)c2)c(Cl)c1. The quantitative estimate of drug-likeness (QED) is 0.240. The van der Waals surface area contributed by atoms with E-state index in [1.807, 2.05) is 48.0 Å². The Kier molecular flexibility index (Phi) is 8.02. The lowest BCUT2D eigenvalue weighted by molar-refractivity contribution is -0.0592. The average molecular weight is 628 g/mol. The van der Waals surface area contributed by atoms with E-state index in [0.29, 0.717) is 37.1 Å². The van der Waals surface area contributed by atoms with E-state index in [2.05, 4.69) is 21.6 Å². The number of carbonyl (C=O) groups is 2. The van der Waals surface area contributed by atoms with Crippen molar-refractivity contribution < 1.29 is 19.4 Å². The minimum absolute atomic E-state index is 0.0809. The van der Waals surface area contributed by atoms with Crippen LogP contribution >= 0.6 is 11.6 Å². The molecule has 1 atom stereocenters. The van der Waals surface area contributed by atoms with E-state index in [-0.39, 0.29) is 17.6 Å². The number of nitrogens with zero attached hydrogens (tertiary/aromatic N) is 5. The molecule has 2 aliphatic heterocycles. The van der Waals surface area contributed by atoms with Crippen molar-refractivity contribution in [1.82, 2.24) is 19.4 Å². The predicted octanol–water partition coefficient (Wildman–Crippen LogP) is 6.09. The van der Waals surface area contributed by atoms with Gasteiger partial charge < -0.3 is 24.2 Å². The number of carboxylic acids is 1. The topological polar surface area (TPSA) is 91.1 Å². The largest absolute Gasteiger partial charge is 0.478 e. The third-order valence-corrected chi connectivity index (χ3v) is 9.72. The molecular weight excluding hydrogens is 590 g/mol. The Morgan fingerprint density at radius 3 is 2.47 bits per heavy atom. The molecule has 3 aromatic carbocycles. The maximum absolute atomic E-state index is 14.0. The first-order valence-corrected chi connectivity index (χ1v) is 16.1. The van der Waals surface area contributed by atoms with Gasteiger partial charge in [-0.2, -0.15) is 0 Å². The van der Waals surface area contributed by atoms with Gasteiger partial charge in [-0.15, -0.1) is 0 Å². The van der Waals surface area contributed by atoms with Gasteiger partial charge in [-0.25, -0.2) is 9.78 Å². The molecule has 234 valence electrons. The molecule has 1 aromatic heterocycles. The van der Waals surface area contributed by atoms with Crippen molar-refractivity contribution >= 4 is 45.9 Å². The number of halogens is 1. The lowest BCUT2D eigenvalue weighted by atomic mass is 10.00. The van der Waals surface area contributed by atoms with Crippen LogP contribution in [0.15, 0.2) is 54.6 Å². The van der Waals surface area contributed by atoms with Gasteiger partial charge >= 0.3 is 5.97 Å². The molecule has 4 aromatic rings. The minimum atomic E-state index is -0.951. The molecule has 1 aliphatic carbocycles. The van der Waals surface area contributed by atoms with Gasteiger partial charge in [-0.3, -0.25) is 9.69 Å². The van der Waals surface area contributed by atoms with Crippen molar-refractivity contribution in [3.63, 3.8) is 0 Å². The molecule has 3 aliphatic rings. The first-order chi connectivity index (χ1) is 21.7. The van der Waals surface area contributed by atoms with Gasteiger partial charge in [0.25, 0.3) is 5.91 Å². The zero-order valence-corrected chi connectivity index (χ0v) is 26.5. The van der Waals surface area contributed by atoms with Gasteiger partial charge in [-0.1, -0.05) is 23.7 Å². The molecule has 7 rings (SSSR count). The molecule has 45 heavy (non-hydrogen) atoms. The minimum Gasteiger partial charge on any atom is -0.478 e. The fourth-order valence-electron chi connectivity index (χ4n) is 6.45. The summed E-state index contributed by atoms with van der Waals surface area (Å²) in [4.78, 5) is 37.0. The normalized spacial score (nSPS) is 18.6. The van der Waals surface area contributed by atoms with Crippen molar-refractivity contribution in [2.45, 2.75) is 51.3 Å². The summed E-state index contributed by atoms with van der Waals surface area (Å²) in [6, 6.07) is 17.4.